The maximum atomic E-state index is 13.0. The van der Waals surface area contributed by atoms with E-state index in [1.54, 1.807) is 11.3 Å². The quantitative estimate of drug-likeness (QED) is 0.0783. The molecule has 0 radical (unpaired) electrons. The van der Waals surface area contributed by atoms with Crippen LogP contribution in [-0.2, 0) is 22.3 Å². The van der Waals surface area contributed by atoms with Gasteiger partial charge in [-0.1, -0.05) is 25.7 Å². The third-order valence-electron chi connectivity index (χ3n) is 8.73. The van der Waals surface area contributed by atoms with Crippen LogP contribution in [0.15, 0.2) is 24.5 Å². The van der Waals surface area contributed by atoms with Crippen molar-refractivity contribution in [1.82, 2.24) is 29.5 Å². The Hall–Kier alpha value is -2.62. The number of halogens is 1. The molecule has 4 aromatic heterocycles. The molecular formula is C34H46IN7O3SSi. The number of aryl methyl sites for hydroxylation is 2. The summed E-state index contributed by atoms with van der Waals surface area (Å²) in [6.45, 7) is 16.6. The first-order valence-corrected chi connectivity index (χ1v) is 22.2. The molecule has 1 saturated heterocycles. The van der Waals surface area contributed by atoms with Gasteiger partial charge in [-0.15, -0.1) is 11.3 Å². The monoisotopic (exact) mass is 787 g/mol. The number of thiazole rings is 1. The van der Waals surface area contributed by atoms with Crippen molar-refractivity contribution in [2.75, 3.05) is 25.2 Å². The Morgan fingerprint density at radius 1 is 1.17 bits per heavy atom. The highest BCUT2D eigenvalue weighted by molar-refractivity contribution is 14.1. The van der Waals surface area contributed by atoms with E-state index in [1.165, 1.54) is 17.0 Å². The van der Waals surface area contributed by atoms with Gasteiger partial charge in [0, 0.05) is 55.4 Å². The standard InChI is InChI=1S/C34H46IN7O3SSi/c1-21-17-22(13-14-41(21)33(43)45-34(2,3)4)29-28(35)31(37-20-44-15-16-47(5,6)7)42-30(40-29)24(19-38-42)23-11-12-26(36-18-23)32-39-25-9-8-10-27(25)46-32/h11-12,18-19,21-22,37H,8-10,13-17,20H2,1-7H3/t21-,22+/m0/s1. The van der Waals surface area contributed by atoms with Gasteiger partial charge < -0.3 is 19.7 Å². The summed E-state index contributed by atoms with van der Waals surface area (Å²) in [6, 6.07) is 5.28. The molecule has 1 N–H and O–H groups in total. The van der Waals surface area contributed by atoms with Crippen LogP contribution >= 0.6 is 33.9 Å². The van der Waals surface area contributed by atoms with Crippen LogP contribution in [0.25, 0.3) is 27.5 Å². The molecule has 10 nitrogen and oxygen atoms in total. The Kier molecular flexibility index (Phi) is 9.99. The van der Waals surface area contributed by atoms with E-state index in [1.807, 2.05) is 42.6 Å². The van der Waals surface area contributed by atoms with Crippen molar-refractivity contribution in [2.24, 2.45) is 0 Å². The lowest BCUT2D eigenvalue weighted by atomic mass is 9.89. The zero-order valence-electron chi connectivity index (χ0n) is 28.5. The molecule has 252 valence electrons. The Morgan fingerprint density at radius 2 is 1.98 bits per heavy atom. The number of anilines is 1. The number of carbonyl (C=O) groups is 1. The maximum Gasteiger partial charge on any atom is 0.410 e. The second-order valence-corrected chi connectivity index (χ2v) is 22.7. The van der Waals surface area contributed by atoms with E-state index in [4.69, 9.17) is 29.5 Å². The van der Waals surface area contributed by atoms with Gasteiger partial charge in [-0.3, -0.25) is 4.98 Å². The topological polar surface area (TPSA) is 107 Å². The first-order chi connectivity index (χ1) is 22.3. The second-order valence-electron chi connectivity index (χ2n) is 14.9. The van der Waals surface area contributed by atoms with E-state index in [9.17, 15) is 4.79 Å². The van der Waals surface area contributed by atoms with Crippen LogP contribution in [0.4, 0.5) is 10.6 Å². The van der Waals surface area contributed by atoms with E-state index < -0.39 is 13.7 Å². The molecule has 0 aromatic carbocycles. The molecule has 0 bridgehead atoms. The smallest absolute Gasteiger partial charge is 0.410 e. The molecular weight excluding hydrogens is 741 g/mol. The molecule has 0 unspecified atom stereocenters. The molecule has 4 aromatic rings. The largest absolute Gasteiger partial charge is 0.444 e. The molecule has 2 aliphatic rings. The predicted molar refractivity (Wildman–Crippen MR) is 199 cm³/mol. The highest BCUT2D eigenvalue weighted by atomic mass is 127. The summed E-state index contributed by atoms with van der Waals surface area (Å²) in [5.41, 5.74) is 5.27. The van der Waals surface area contributed by atoms with Crippen molar-refractivity contribution in [2.45, 2.75) is 103 Å². The zero-order chi connectivity index (χ0) is 33.5. The number of ether oxygens (including phenoxy) is 2. The van der Waals surface area contributed by atoms with Gasteiger partial charge in [0.05, 0.1) is 26.8 Å². The Morgan fingerprint density at radius 3 is 2.66 bits per heavy atom. The number of hydrogen-bond donors (Lipinski definition) is 1. The van der Waals surface area contributed by atoms with Crippen LogP contribution in [-0.4, -0.2) is 75.2 Å². The fourth-order valence-corrected chi connectivity index (χ4v) is 9.04. The number of amides is 1. The van der Waals surface area contributed by atoms with E-state index in [-0.39, 0.29) is 18.1 Å². The SMILES string of the molecule is C[C@H]1C[C@H](c2nc3c(-c4ccc(-c5nc6c(s5)CCC6)nc4)cnn3c(NCOCC[Si](C)(C)C)c2I)CCN1C(=O)OC(C)(C)C. The second kappa shape index (κ2) is 13.7. The lowest BCUT2D eigenvalue weighted by molar-refractivity contribution is 0.0102. The van der Waals surface area contributed by atoms with Gasteiger partial charge in [0.1, 0.15) is 23.2 Å². The molecule has 1 amide bonds. The zero-order valence-corrected chi connectivity index (χ0v) is 32.5. The third-order valence-corrected chi connectivity index (χ3v) is 12.7. The van der Waals surface area contributed by atoms with Gasteiger partial charge in [0.15, 0.2) is 5.65 Å². The van der Waals surface area contributed by atoms with Gasteiger partial charge >= 0.3 is 6.09 Å². The number of likely N-dealkylation sites (tertiary alicyclic amines) is 1. The van der Waals surface area contributed by atoms with Gasteiger partial charge in [0.2, 0.25) is 0 Å². The number of piperidine rings is 1. The number of nitrogens with zero attached hydrogens (tertiary/aromatic N) is 6. The van der Waals surface area contributed by atoms with Crippen molar-refractivity contribution in [3.63, 3.8) is 0 Å². The van der Waals surface area contributed by atoms with Gasteiger partial charge in [-0.2, -0.15) is 9.61 Å². The Bertz CT molecular complexity index is 1720. The van der Waals surface area contributed by atoms with Gasteiger partial charge in [-0.05, 0) is 94.5 Å². The van der Waals surface area contributed by atoms with E-state index in [0.717, 1.165) is 80.9 Å². The molecule has 6 rings (SSSR count). The fraction of sp³-hybridized carbons (Fsp3) is 0.559. The minimum atomic E-state index is -1.20. The summed E-state index contributed by atoms with van der Waals surface area (Å²) >= 11 is 4.16. The predicted octanol–water partition coefficient (Wildman–Crippen LogP) is 8.24. The van der Waals surface area contributed by atoms with Gasteiger partial charge in [0.25, 0.3) is 0 Å². The van der Waals surface area contributed by atoms with Crippen LogP contribution in [0, 0.1) is 3.57 Å². The number of rotatable bonds is 9. The molecule has 13 heteroatoms. The Balaban J connectivity index is 1.30. The highest BCUT2D eigenvalue weighted by Crippen LogP contribution is 2.38. The van der Waals surface area contributed by atoms with Crippen molar-refractivity contribution < 1.29 is 14.3 Å². The minimum Gasteiger partial charge on any atom is -0.444 e. The number of aromatic nitrogens is 5. The van der Waals surface area contributed by atoms with Crippen molar-refractivity contribution in [3.8, 4) is 21.8 Å². The van der Waals surface area contributed by atoms with Crippen LogP contribution in [0.3, 0.4) is 0 Å². The molecule has 1 fully saturated rings. The lowest BCUT2D eigenvalue weighted by Gasteiger charge is -2.38. The number of pyridine rings is 1. The van der Waals surface area contributed by atoms with Gasteiger partial charge in [-0.25, -0.2) is 14.8 Å². The summed E-state index contributed by atoms with van der Waals surface area (Å²) < 4.78 is 14.7. The fourth-order valence-electron chi connectivity index (χ4n) is 6.18. The number of hydrogen-bond acceptors (Lipinski definition) is 9. The molecule has 0 saturated carbocycles. The summed E-state index contributed by atoms with van der Waals surface area (Å²) in [7, 11) is -1.20. The summed E-state index contributed by atoms with van der Waals surface area (Å²) in [5, 5.41) is 9.34. The lowest BCUT2D eigenvalue weighted by Crippen LogP contribution is -2.46. The number of carbonyl (C=O) groups excluding carboxylic acids is 1. The van der Waals surface area contributed by atoms with Crippen LogP contribution in [0.2, 0.25) is 25.7 Å². The maximum absolute atomic E-state index is 13.0. The average Bonchev–Trinajstić information content (AvgIpc) is 3.72. The summed E-state index contributed by atoms with van der Waals surface area (Å²) in [4.78, 5) is 31.2. The van der Waals surface area contributed by atoms with E-state index >= 15 is 0 Å². The summed E-state index contributed by atoms with van der Waals surface area (Å²) in [6.07, 6.45) is 8.52. The highest BCUT2D eigenvalue weighted by Gasteiger charge is 2.35. The first kappa shape index (κ1) is 34.2. The third kappa shape index (κ3) is 7.83. The molecule has 5 heterocycles. The minimum absolute atomic E-state index is 0.0205. The van der Waals surface area contributed by atoms with Crippen molar-refractivity contribution in [3.05, 3.63) is 44.4 Å². The molecule has 1 aliphatic carbocycles. The van der Waals surface area contributed by atoms with Crippen LogP contribution < -0.4 is 5.32 Å². The average molecular weight is 788 g/mol. The molecule has 2 atom stereocenters. The molecule has 1 aliphatic heterocycles. The van der Waals surface area contributed by atoms with Crippen molar-refractivity contribution >= 4 is 59.6 Å². The van der Waals surface area contributed by atoms with Crippen LogP contribution in [0.1, 0.15) is 69.1 Å². The summed E-state index contributed by atoms with van der Waals surface area (Å²) in [5.74, 6) is 1.04. The Labute approximate surface area is 296 Å². The van der Waals surface area contributed by atoms with E-state index in [2.05, 4.69) is 66.6 Å². The number of nitrogens with one attached hydrogen (secondary N) is 1. The first-order valence-electron chi connectivity index (χ1n) is 16.6. The van der Waals surface area contributed by atoms with Crippen LogP contribution in [0.5, 0.6) is 0 Å². The van der Waals surface area contributed by atoms with E-state index in [0.29, 0.717) is 13.3 Å². The molecule has 47 heavy (non-hydrogen) atoms. The number of fused-ring (bicyclic) bond motifs is 2. The normalized spacial score (nSPS) is 18.5. The van der Waals surface area contributed by atoms with Crippen molar-refractivity contribution in [1.29, 1.82) is 0 Å². The molecule has 0 spiro atoms.